The number of rotatable bonds is 5. The quantitative estimate of drug-likeness (QED) is 0.636. The summed E-state index contributed by atoms with van der Waals surface area (Å²) < 4.78 is 27.0. The lowest BCUT2D eigenvalue weighted by Gasteiger charge is -2.41. The van der Waals surface area contributed by atoms with Crippen molar-refractivity contribution in [2.24, 2.45) is 0 Å². The molecular formula is C10H15N3O4S2. The molecule has 0 saturated heterocycles. The Labute approximate surface area is 115 Å². The van der Waals surface area contributed by atoms with Gasteiger partial charge in [0.05, 0.1) is 4.92 Å². The van der Waals surface area contributed by atoms with Crippen molar-refractivity contribution in [3.8, 4) is 0 Å². The minimum atomic E-state index is -3.74. The predicted octanol–water partition coefficient (Wildman–Crippen LogP) is 1.85. The second kappa shape index (κ2) is 4.73. The molecule has 1 fully saturated rings. The smallest absolute Gasteiger partial charge is 0.304 e. The molecule has 0 radical (unpaired) electrons. The van der Waals surface area contributed by atoms with Crippen LogP contribution in [0.5, 0.6) is 0 Å². The Morgan fingerprint density at radius 2 is 2.21 bits per heavy atom. The number of nitrogens with zero attached hydrogens (tertiary/aromatic N) is 1. The number of hydrogen-bond donors (Lipinski definition) is 2. The maximum Gasteiger partial charge on any atom is 0.304 e. The molecule has 0 bridgehead atoms. The van der Waals surface area contributed by atoms with Crippen molar-refractivity contribution in [1.29, 1.82) is 0 Å². The van der Waals surface area contributed by atoms with Crippen LogP contribution in [0, 0.1) is 10.1 Å². The first kappa shape index (κ1) is 14.2. The van der Waals surface area contributed by atoms with Gasteiger partial charge in [-0.2, -0.15) is 0 Å². The van der Waals surface area contributed by atoms with E-state index < -0.39 is 20.5 Å². The SMILES string of the molecule is CCC1(NS(=O)(=O)c2cc([N+](=O)[O-])c(N)s2)CCC1. The first-order valence-corrected chi connectivity index (χ1v) is 8.17. The largest absolute Gasteiger partial charge is 0.385 e. The van der Waals surface area contributed by atoms with Crippen LogP contribution < -0.4 is 10.5 Å². The van der Waals surface area contributed by atoms with Gasteiger partial charge in [0.2, 0.25) is 0 Å². The van der Waals surface area contributed by atoms with E-state index in [0.29, 0.717) is 6.42 Å². The summed E-state index contributed by atoms with van der Waals surface area (Å²) >= 11 is 0.721. The third kappa shape index (κ3) is 2.58. The van der Waals surface area contributed by atoms with Crippen LogP contribution >= 0.6 is 11.3 Å². The van der Waals surface area contributed by atoms with Crippen molar-refractivity contribution in [1.82, 2.24) is 4.72 Å². The molecule has 0 aromatic carbocycles. The lowest BCUT2D eigenvalue weighted by atomic mass is 9.76. The Bertz CT molecular complexity index is 599. The van der Waals surface area contributed by atoms with Gasteiger partial charge in [0.15, 0.2) is 5.00 Å². The molecule has 0 aliphatic heterocycles. The van der Waals surface area contributed by atoms with Gasteiger partial charge < -0.3 is 5.73 Å². The maximum atomic E-state index is 12.2. The highest BCUT2D eigenvalue weighted by Gasteiger charge is 2.40. The molecule has 19 heavy (non-hydrogen) atoms. The zero-order chi connectivity index (χ0) is 14.3. The summed E-state index contributed by atoms with van der Waals surface area (Å²) in [7, 11) is -3.74. The number of nitrogens with one attached hydrogen (secondary N) is 1. The molecule has 0 unspecified atom stereocenters. The molecule has 1 aliphatic carbocycles. The summed E-state index contributed by atoms with van der Waals surface area (Å²) in [6, 6.07) is 1.02. The Morgan fingerprint density at radius 1 is 1.58 bits per heavy atom. The van der Waals surface area contributed by atoms with E-state index >= 15 is 0 Å². The number of thiophene rings is 1. The highest BCUT2D eigenvalue weighted by atomic mass is 32.2. The van der Waals surface area contributed by atoms with Gasteiger partial charge >= 0.3 is 5.69 Å². The molecular weight excluding hydrogens is 290 g/mol. The van der Waals surface area contributed by atoms with Crippen LogP contribution in [0.25, 0.3) is 0 Å². The summed E-state index contributed by atoms with van der Waals surface area (Å²) in [6.07, 6.45) is 3.29. The van der Waals surface area contributed by atoms with E-state index in [9.17, 15) is 18.5 Å². The van der Waals surface area contributed by atoms with E-state index in [-0.39, 0.29) is 14.9 Å². The topological polar surface area (TPSA) is 115 Å². The average Bonchev–Trinajstić information content (AvgIpc) is 2.67. The van der Waals surface area contributed by atoms with Gasteiger partial charge in [-0.1, -0.05) is 18.3 Å². The van der Waals surface area contributed by atoms with Crippen molar-refractivity contribution in [3.63, 3.8) is 0 Å². The van der Waals surface area contributed by atoms with Gasteiger partial charge in [-0.25, -0.2) is 13.1 Å². The molecule has 1 saturated carbocycles. The minimum Gasteiger partial charge on any atom is -0.385 e. The van der Waals surface area contributed by atoms with E-state index in [1.54, 1.807) is 0 Å². The van der Waals surface area contributed by atoms with Crippen molar-refractivity contribution < 1.29 is 13.3 Å². The highest BCUT2D eigenvalue weighted by molar-refractivity contribution is 7.91. The fraction of sp³-hybridized carbons (Fsp3) is 0.600. The number of hydrogen-bond acceptors (Lipinski definition) is 6. The second-order valence-corrected chi connectivity index (χ2v) is 7.66. The van der Waals surface area contributed by atoms with Crippen molar-refractivity contribution in [3.05, 3.63) is 16.2 Å². The molecule has 9 heteroatoms. The van der Waals surface area contributed by atoms with Crippen LogP contribution in [0.2, 0.25) is 0 Å². The monoisotopic (exact) mass is 305 g/mol. The van der Waals surface area contributed by atoms with Gasteiger partial charge in [-0.3, -0.25) is 10.1 Å². The summed E-state index contributed by atoms with van der Waals surface area (Å²) in [4.78, 5) is 10.0. The van der Waals surface area contributed by atoms with E-state index in [2.05, 4.69) is 4.72 Å². The van der Waals surface area contributed by atoms with E-state index in [1.165, 1.54) is 0 Å². The number of nitro groups is 1. The van der Waals surface area contributed by atoms with Gasteiger partial charge in [-0.15, -0.1) is 0 Å². The first-order chi connectivity index (χ1) is 8.80. The zero-order valence-corrected chi connectivity index (χ0v) is 12.0. The highest BCUT2D eigenvalue weighted by Crippen LogP contribution is 2.39. The van der Waals surface area contributed by atoms with Gasteiger partial charge in [0.1, 0.15) is 4.21 Å². The Morgan fingerprint density at radius 3 is 2.58 bits per heavy atom. The van der Waals surface area contributed by atoms with Crippen LogP contribution in [0.15, 0.2) is 10.3 Å². The van der Waals surface area contributed by atoms with Crippen molar-refractivity contribution >= 4 is 32.0 Å². The molecule has 106 valence electrons. The fourth-order valence-electron chi connectivity index (χ4n) is 2.11. The third-order valence-electron chi connectivity index (χ3n) is 3.52. The van der Waals surface area contributed by atoms with Crippen LogP contribution in [0.4, 0.5) is 10.7 Å². The Balaban J connectivity index is 2.29. The van der Waals surface area contributed by atoms with Crippen LogP contribution in [-0.2, 0) is 10.0 Å². The van der Waals surface area contributed by atoms with Crippen molar-refractivity contribution in [2.45, 2.75) is 42.4 Å². The lowest BCUT2D eigenvalue weighted by molar-refractivity contribution is -0.383. The summed E-state index contributed by atoms with van der Waals surface area (Å²) in [5, 5.41) is 10.6. The van der Waals surface area contributed by atoms with E-state index in [4.69, 9.17) is 5.73 Å². The molecule has 0 amide bonds. The minimum absolute atomic E-state index is 0.0930. The molecule has 2 rings (SSSR count). The molecule has 3 N–H and O–H groups in total. The molecule has 1 heterocycles. The first-order valence-electron chi connectivity index (χ1n) is 5.87. The average molecular weight is 305 g/mol. The Hall–Kier alpha value is -1.19. The normalized spacial score (nSPS) is 17.9. The molecule has 7 nitrogen and oxygen atoms in total. The standard InChI is InChI=1S/C10H15N3O4S2/c1-2-10(4-3-5-10)12-19(16,17)8-6-7(13(14)15)9(11)18-8/h6,12H,2-5,11H2,1H3. The van der Waals surface area contributed by atoms with Gasteiger partial charge in [0, 0.05) is 11.6 Å². The summed E-state index contributed by atoms with van der Waals surface area (Å²) in [5.74, 6) is 0. The predicted molar refractivity (Wildman–Crippen MR) is 72.6 cm³/mol. The number of sulfonamides is 1. The molecule has 0 spiro atoms. The molecule has 1 aromatic heterocycles. The van der Waals surface area contributed by atoms with Gasteiger partial charge in [-0.05, 0) is 25.7 Å². The number of nitrogen functional groups attached to an aromatic ring is 1. The van der Waals surface area contributed by atoms with Crippen LogP contribution in [0.1, 0.15) is 32.6 Å². The molecule has 0 atom stereocenters. The summed E-state index contributed by atoms with van der Waals surface area (Å²) in [5.41, 5.74) is 4.71. The summed E-state index contributed by atoms with van der Waals surface area (Å²) in [6.45, 7) is 1.92. The molecule has 1 aromatic rings. The zero-order valence-electron chi connectivity index (χ0n) is 10.4. The molecule has 1 aliphatic rings. The third-order valence-corrected chi connectivity index (χ3v) is 6.52. The van der Waals surface area contributed by atoms with E-state index in [0.717, 1.165) is 36.7 Å². The van der Waals surface area contributed by atoms with Gasteiger partial charge in [0.25, 0.3) is 10.0 Å². The van der Waals surface area contributed by atoms with E-state index in [1.807, 2.05) is 6.92 Å². The van der Waals surface area contributed by atoms with Crippen LogP contribution in [0.3, 0.4) is 0 Å². The van der Waals surface area contributed by atoms with Crippen molar-refractivity contribution in [2.75, 3.05) is 5.73 Å². The maximum absolute atomic E-state index is 12.2. The Kier molecular flexibility index (Phi) is 3.54. The van der Waals surface area contributed by atoms with Crippen LogP contribution in [-0.4, -0.2) is 18.9 Å². The number of nitrogens with two attached hydrogens (primary N) is 1. The lowest BCUT2D eigenvalue weighted by Crippen LogP contribution is -2.52. The second-order valence-electron chi connectivity index (χ2n) is 4.66. The fourth-order valence-corrected chi connectivity index (χ4v) is 4.86. The number of anilines is 1.